The van der Waals surface area contributed by atoms with Gasteiger partial charge in [-0.05, 0) is 30.3 Å². The van der Waals surface area contributed by atoms with Gasteiger partial charge in [0.1, 0.15) is 11.8 Å². The molecule has 2 amide bonds. The van der Waals surface area contributed by atoms with Crippen LogP contribution in [0, 0.1) is 0 Å². The van der Waals surface area contributed by atoms with Gasteiger partial charge in [-0.2, -0.15) is 4.99 Å². The standard InChI is InChI=1S/C19H19ClN6O3/c1-29-15-8-7-11(20)9-13(15)23-16(27)10-14-17(28)25-19(24-14)26-18(21)22-12-5-3-2-4-6-12/h2-9,14H,10H2,1H3,(H,23,27)(H4,21,22,24,25,26,28)/t14-/m1/s1. The third kappa shape index (κ3) is 5.45. The van der Waals surface area contributed by atoms with Crippen molar-refractivity contribution in [3.8, 4) is 5.75 Å². The molecule has 2 aromatic carbocycles. The van der Waals surface area contributed by atoms with Crippen LogP contribution in [0.5, 0.6) is 5.75 Å². The molecule has 0 bridgehead atoms. The fourth-order valence-corrected chi connectivity index (χ4v) is 2.77. The van der Waals surface area contributed by atoms with E-state index in [-0.39, 0.29) is 18.3 Å². The van der Waals surface area contributed by atoms with Crippen LogP contribution in [0.2, 0.25) is 5.02 Å². The van der Waals surface area contributed by atoms with Crippen molar-refractivity contribution in [1.29, 1.82) is 0 Å². The zero-order chi connectivity index (χ0) is 20.8. The molecule has 1 heterocycles. The first-order valence-electron chi connectivity index (χ1n) is 8.63. The van der Waals surface area contributed by atoms with E-state index in [1.54, 1.807) is 18.2 Å². The molecule has 0 saturated heterocycles. The SMILES string of the molecule is COc1ccc(Cl)cc1NC(=O)C[C@H]1N=C(N=C(N)Nc2ccccc2)NC1=O. The molecule has 29 heavy (non-hydrogen) atoms. The number of nitrogens with two attached hydrogens (primary N) is 1. The van der Waals surface area contributed by atoms with Crippen LogP contribution in [0.15, 0.2) is 58.5 Å². The number of nitrogens with one attached hydrogen (secondary N) is 3. The highest BCUT2D eigenvalue weighted by Gasteiger charge is 2.29. The molecule has 0 fully saturated rings. The van der Waals surface area contributed by atoms with Crippen LogP contribution >= 0.6 is 11.6 Å². The molecule has 3 rings (SSSR count). The summed E-state index contributed by atoms with van der Waals surface area (Å²) in [7, 11) is 1.48. The Morgan fingerprint density at radius 1 is 1.28 bits per heavy atom. The monoisotopic (exact) mass is 414 g/mol. The van der Waals surface area contributed by atoms with Gasteiger partial charge in [0.25, 0.3) is 5.91 Å². The number of nitrogens with zero attached hydrogens (tertiary/aromatic N) is 2. The van der Waals surface area contributed by atoms with Gasteiger partial charge in [0.2, 0.25) is 17.8 Å². The molecule has 0 aliphatic carbocycles. The van der Waals surface area contributed by atoms with Crippen LogP contribution < -0.4 is 26.4 Å². The van der Waals surface area contributed by atoms with E-state index in [9.17, 15) is 9.59 Å². The molecular weight excluding hydrogens is 396 g/mol. The lowest BCUT2D eigenvalue weighted by molar-refractivity contribution is -0.123. The van der Waals surface area contributed by atoms with Gasteiger partial charge < -0.3 is 21.1 Å². The quantitative estimate of drug-likeness (QED) is 0.439. The summed E-state index contributed by atoms with van der Waals surface area (Å²) in [6.45, 7) is 0. The average molecular weight is 415 g/mol. The fraction of sp³-hybridized carbons (Fsp3) is 0.158. The number of hydrogen-bond donors (Lipinski definition) is 4. The Balaban J connectivity index is 1.63. The number of amides is 2. The number of benzene rings is 2. The lowest BCUT2D eigenvalue weighted by Crippen LogP contribution is -2.32. The number of rotatable bonds is 5. The van der Waals surface area contributed by atoms with Crippen LogP contribution in [0.1, 0.15) is 6.42 Å². The van der Waals surface area contributed by atoms with E-state index < -0.39 is 17.9 Å². The number of methoxy groups -OCH3 is 1. The Hall–Kier alpha value is -3.59. The minimum absolute atomic E-state index is 0.0362. The molecule has 150 valence electrons. The Bertz CT molecular complexity index is 977. The highest BCUT2D eigenvalue weighted by Crippen LogP contribution is 2.28. The molecule has 9 nitrogen and oxygen atoms in total. The third-order valence-electron chi connectivity index (χ3n) is 3.90. The van der Waals surface area contributed by atoms with E-state index >= 15 is 0 Å². The van der Waals surface area contributed by atoms with Gasteiger partial charge in [-0.25, -0.2) is 4.99 Å². The molecule has 1 aliphatic heterocycles. The summed E-state index contributed by atoms with van der Waals surface area (Å²) in [5.74, 6) is -0.315. The number of ether oxygens (including phenoxy) is 1. The maximum absolute atomic E-state index is 12.3. The molecule has 0 saturated carbocycles. The van der Waals surface area contributed by atoms with Crippen molar-refractivity contribution in [1.82, 2.24) is 5.32 Å². The molecule has 10 heteroatoms. The van der Waals surface area contributed by atoms with Crippen molar-refractivity contribution in [2.45, 2.75) is 12.5 Å². The normalized spacial score (nSPS) is 16.1. The number of halogens is 1. The van der Waals surface area contributed by atoms with Crippen LogP contribution in [0.4, 0.5) is 11.4 Å². The molecular formula is C19H19ClN6O3. The molecule has 1 atom stereocenters. The Kier molecular flexibility index (Phi) is 6.30. The zero-order valence-electron chi connectivity index (χ0n) is 15.5. The van der Waals surface area contributed by atoms with Gasteiger partial charge in [0.15, 0.2) is 0 Å². The topological polar surface area (TPSA) is 130 Å². The first-order chi connectivity index (χ1) is 13.9. The molecule has 0 aromatic heterocycles. The molecule has 0 unspecified atom stereocenters. The minimum Gasteiger partial charge on any atom is -0.495 e. The molecule has 0 radical (unpaired) electrons. The average Bonchev–Trinajstić information content (AvgIpc) is 3.01. The van der Waals surface area contributed by atoms with E-state index in [0.29, 0.717) is 16.5 Å². The summed E-state index contributed by atoms with van der Waals surface area (Å²) in [6, 6.07) is 13.1. The van der Waals surface area contributed by atoms with Gasteiger partial charge in [0, 0.05) is 10.7 Å². The van der Waals surface area contributed by atoms with Crippen molar-refractivity contribution in [3.05, 3.63) is 53.6 Å². The maximum Gasteiger partial charge on any atom is 0.252 e. The lowest BCUT2D eigenvalue weighted by atomic mass is 10.2. The summed E-state index contributed by atoms with van der Waals surface area (Å²) in [6.07, 6.45) is -0.174. The van der Waals surface area contributed by atoms with E-state index in [2.05, 4.69) is 25.9 Å². The van der Waals surface area contributed by atoms with Crippen LogP contribution in [0.25, 0.3) is 0 Å². The predicted octanol–water partition coefficient (Wildman–Crippen LogP) is 1.96. The van der Waals surface area contributed by atoms with Crippen molar-refractivity contribution < 1.29 is 14.3 Å². The van der Waals surface area contributed by atoms with Gasteiger partial charge in [-0.3, -0.25) is 14.9 Å². The molecule has 1 aliphatic rings. The number of anilines is 2. The summed E-state index contributed by atoms with van der Waals surface area (Å²) in [5, 5.41) is 8.49. The van der Waals surface area contributed by atoms with Crippen LogP contribution in [-0.4, -0.2) is 36.9 Å². The lowest BCUT2D eigenvalue weighted by Gasteiger charge is -2.11. The highest BCUT2D eigenvalue weighted by atomic mass is 35.5. The number of carbonyl (C=O) groups excluding carboxylic acids is 2. The third-order valence-corrected chi connectivity index (χ3v) is 4.14. The smallest absolute Gasteiger partial charge is 0.252 e. The van der Waals surface area contributed by atoms with Gasteiger partial charge in [-0.15, -0.1) is 0 Å². The van der Waals surface area contributed by atoms with Gasteiger partial charge >= 0.3 is 0 Å². The Labute approximate surface area is 172 Å². The van der Waals surface area contributed by atoms with Gasteiger partial charge in [-0.1, -0.05) is 29.8 Å². The first kappa shape index (κ1) is 20.2. The first-order valence-corrected chi connectivity index (χ1v) is 9.00. The van der Waals surface area contributed by atoms with E-state index in [0.717, 1.165) is 5.69 Å². The fourth-order valence-electron chi connectivity index (χ4n) is 2.59. The Morgan fingerprint density at radius 3 is 2.76 bits per heavy atom. The van der Waals surface area contributed by atoms with Gasteiger partial charge in [0.05, 0.1) is 19.2 Å². The second-order valence-corrected chi connectivity index (χ2v) is 6.48. The molecule has 2 aromatic rings. The summed E-state index contributed by atoms with van der Waals surface area (Å²) >= 11 is 5.95. The second-order valence-electron chi connectivity index (χ2n) is 6.04. The largest absolute Gasteiger partial charge is 0.495 e. The van der Waals surface area contributed by atoms with E-state index in [1.807, 2.05) is 30.3 Å². The van der Waals surface area contributed by atoms with Crippen molar-refractivity contribution in [2.75, 3.05) is 17.7 Å². The predicted molar refractivity (Wildman–Crippen MR) is 112 cm³/mol. The van der Waals surface area contributed by atoms with Crippen molar-refractivity contribution in [2.24, 2.45) is 15.7 Å². The second kappa shape index (κ2) is 9.07. The van der Waals surface area contributed by atoms with Crippen LogP contribution in [0.3, 0.4) is 0 Å². The molecule has 0 spiro atoms. The van der Waals surface area contributed by atoms with Crippen molar-refractivity contribution >= 4 is 46.7 Å². The highest BCUT2D eigenvalue weighted by molar-refractivity contribution is 6.31. The zero-order valence-corrected chi connectivity index (χ0v) is 16.2. The maximum atomic E-state index is 12.3. The number of aliphatic imine (C=N–C) groups is 2. The van der Waals surface area contributed by atoms with E-state index in [1.165, 1.54) is 7.11 Å². The summed E-state index contributed by atoms with van der Waals surface area (Å²) in [4.78, 5) is 32.6. The number of para-hydroxylation sites is 1. The minimum atomic E-state index is -0.913. The van der Waals surface area contributed by atoms with Crippen LogP contribution in [-0.2, 0) is 9.59 Å². The number of guanidine groups is 2. The van der Waals surface area contributed by atoms with Crippen molar-refractivity contribution in [3.63, 3.8) is 0 Å². The number of carbonyl (C=O) groups is 2. The Morgan fingerprint density at radius 2 is 2.03 bits per heavy atom. The molecule has 5 N–H and O–H groups in total. The van der Waals surface area contributed by atoms with E-state index in [4.69, 9.17) is 22.1 Å². The summed E-state index contributed by atoms with van der Waals surface area (Å²) < 4.78 is 5.18. The number of hydrogen-bond acceptors (Lipinski definition) is 5. The summed E-state index contributed by atoms with van der Waals surface area (Å²) in [5.41, 5.74) is 6.97.